The number of rotatable bonds is 5. The zero-order valence-electron chi connectivity index (χ0n) is 15.4. The van der Waals surface area contributed by atoms with Crippen molar-refractivity contribution < 1.29 is 4.79 Å². The smallest absolute Gasteiger partial charge is 0.164 e. The van der Waals surface area contributed by atoms with Gasteiger partial charge in [0.25, 0.3) is 0 Å². The number of carbonyl (C=O) groups excluding carboxylic acids is 1. The van der Waals surface area contributed by atoms with E-state index in [2.05, 4.69) is 53.4 Å². The highest BCUT2D eigenvalue weighted by Crippen LogP contribution is 2.24. The summed E-state index contributed by atoms with van der Waals surface area (Å²) in [6.45, 7) is 2.84. The standard InChI is InChI=1S/C24H27NO/c26-24(23-11-10-20-8-4-5-9-22(20)18-23)14-17-25-15-12-21(13-16-25)19-6-2-1-3-7-19/h1-3,6-7,10-12,18H,4-5,8-9,13-17H2. The molecule has 0 N–H and O–H groups in total. The predicted molar refractivity (Wildman–Crippen MR) is 108 cm³/mol. The van der Waals surface area contributed by atoms with Crippen molar-refractivity contribution in [1.82, 2.24) is 4.90 Å². The first-order chi connectivity index (χ1) is 12.8. The second-order valence-corrected chi connectivity index (χ2v) is 7.51. The zero-order valence-corrected chi connectivity index (χ0v) is 15.4. The molecule has 1 aliphatic heterocycles. The second-order valence-electron chi connectivity index (χ2n) is 7.51. The summed E-state index contributed by atoms with van der Waals surface area (Å²) in [7, 11) is 0. The van der Waals surface area contributed by atoms with Crippen LogP contribution in [0.5, 0.6) is 0 Å². The fourth-order valence-electron chi connectivity index (χ4n) is 4.14. The summed E-state index contributed by atoms with van der Waals surface area (Å²) < 4.78 is 0. The fraction of sp³-hybridized carbons (Fsp3) is 0.375. The van der Waals surface area contributed by atoms with Gasteiger partial charge in [0.15, 0.2) is 5.78 Å². The Labute approximate surface area is 156 Å². The predicted octanol–water partition coefficient (Wildman–Crippen LogP) is 4.93. The van der Waals surface area contributed by atoms with Crippen LogP contribution in [0.3, 0.4) is 0 Å². The molecule has 0 fully saturated rings. The Morgan fingerprint density at radius 3 is 2.50 bits per heavy atom. The highest BCUT2D eigenvalue weighted by Gasteiger charge is 2.16. The van der Waals surface area contributed by atoms with Gasteiger partial charge in [-0.3, -0.25) is 9.69 Å². The molecule has 0 spiro atoms. The molecule has 4 rings (SSSR count). The van der Waals surface area contributed by atoms with Crippen LogP contribution in [0, 0.1) is 0 Å². The fourth-order valence-corrected chi connectivity index (χ4v) is 4.14. The molecule has 0 saturated carbocycles. The lowest BCUT2D eigenvalue weighted by atomic mass is 9.89. The van der Waals surface area contributed by atoms with Crippen LogP contribution in [0.1, 0.15) is 52.7 Å². The summed E-state index contributed by atoms with van der Waals surface area (Å²) in [4.78, 5) is 15.0. The third-order valence-electron chi connectivity index (χ3n) is 5.76. The Morgan fingerprint density at radius 1 is 0.923 bits per heavy atom. The first-order valence-corrected chi connectivity index (χ1v) is 9.91. The third-order valence-corrected chi connectivity index (χ3v) is 5.76. The van der Waals surface area contributed by atoms with Crippen LogP contribution >= 0.6 is 0 Å². The van der Waals surface area contributed by atoms with Gasteiger partial charge in [-0.15, -0.1) is 0 Å². The Kier molecular flexibility index (Phi) is 5.31. The molecule has 2 aromatic carbocycles. The maximum absolute atomic E-state index is 12.6. The normalized spacial score (nSPS) is 17.5. The number of nitrogens with zero attached hydrogens (tertiary/aromatic N) is 1. The Bertz CT molecular complexity index is 806. The number of Topliss-reactive ketones (excluding diaryl/α,β-unsaturated/α-hetero) is 1. The molecule has 0 unspecified atom stereocenters. The van der Waals surface area contributed by atoms with Crippen LogP contribution in [-0.2, 0) is 12.8 Å². The van der Waals surface area contributed by atoms with Gasteiger partial charge in [-0.05, 0) is 60.4 Å². The van der Waals surface area contributed by atoms with E-state index < -0.39 is 0 Å². The van der Waals surface area contributed by atoms with Gasteiger partial charge in [0.1, 0.15) is 0 Å². The van der Waals surface area contributed by atoms with Crippen molar-refractivity contribution in [3.05, 3.63) is 76.9 Å². The molecule has 0 radical (unpaired) electrons. The molecule has 1 aliphatic carbocycles. The van der Waals surface area contributed by atoms with Gasteiger partial charge in [0.2, 0.25) is 0 Å². The van der Waals surface area contributed by atoms with E-state index in [1.54, 1.807) is 0 Å². The van der Waals surface area contributed by atoms with Crippen molar-refractivity contribution in [2.24, 2.45) is 0 Å². The minimum atomic E-state index is 0.288. The van der Waals surface area contributed by atoms with E-state index in [0.29, 0.717) is 6.42 Å². The zero-order chi connectivity index (χ0) is 17.8. The summed E-state index contributed by atoms with van der Waals surface area (Å²) in [5.74, 6) is 0.288. The van der Waals surface area contributed by atoms with E-state index in [1.165, 1.54) is 41.5 Å². The summed E-state index contributed by atoms with van der Waals surface area (Å²) in [5, 5.41) is 0. The lowest BCUT2D eigenvalue weighted by Gasteiger charge is -2.26. The van der Waals surface area contributed by atoms with Gasteiger partial charge in [-0.2, -0.15) is 0 Å². The van der Waals surface area contributed by atoms with Crippen molar-refractivity contribution in [2.75, 3.05) is 19.6 Å². The van der Waals surface area contributed by atoms with Crippen molar-refractivity contribution >= 4 is 11.4 Å². The van der Waals surface area contributed by atoms with Crippen LogP contribution in [0.15, 0.2) is 54.6 Å². The number of fused-ring (bicyclic) bond motifs is 1. The van der Waals surface area contributed by atoms with E-state index in [-0.39, 0.29) is 5.78 Å². The quantitative estimate of drug-likeness (QED) is 0.716. The topological polar surface area (TPSA) is 20.3 Å². The van der Waals surface area contributed by atoms with Crippen LogP contribution in [0.4, 0.5) is 0 Å². The monoisotopic (exact) mass is 345 g/mol. The van der Waals surface area contributed by atoms with E-state index in [4.69, 9.17) is 0 Å². The first-order valence-electron chi connectivity index (χ1n) is 9.91. The van der Waals surface area contributed by atoms with Gasteiger partial charge in [-0.1, -0.05) is 48.5 Å². The Balaban J connectivity index is 1.32. The van der Waals surface area contributed by atoms with Gasteiger partial charge >= 0.3 is 0 Å². The summed E-state index contributed by atoms with van der Waals surface area (Å²) >= 11 is 0. The number of carbonyl (C=O) groups is 1. The molecule has 0 amide bonds. The van der Waals surface area contributed by atoms with Crippen LogP contribution in [-0.4, -0.2) is 30.3 Å². The van der Waals surface area contributed by atoms with Gasteiger partial charge in [-0.25, -0.2) is 0 Å². The highest BCUT2D eigenvalue weighted by molar-refractivity contribution is 5.96. The maximum atomic E-state index is 12.6. The van der Waals surface area contributed by atoms with Crippen LogP contribution < -0.4 is 0 Å². The average Bonchev–Trinajstić information content (AvgIpc) is 2.72. The van der Waals surface area contributed by atoms with Gasteiger partial charge < -0.3 is 0 Å². The van der Waals surface area contributed by atoms with E-state index >= 15 is 0 Å². The number of ketones is 1. The molecule has 2 heteroatoms. The molecule has 0 saturated heterocycles. The van der Waals surface area contributed by atoms with Crippen molar-refractivity contribution in [3.8, 4) is 0 Å². The van der Waals surface area contributed by atoms with Gasteiger partial charge in [0.05, 0.1) is 0 Å². The lowest BCUT2D eigenvalue weighted by Crippen LogP contribution is -2.30. The molecule has 1 heterocycles. The SMILES string of the molecule is O=C(CCN1CC=C(c2ccccc2)CC1)c1ccc2c(c1)CCCC2. The molecule has 0 aromatic heterocycles. The molecular formula is C24H27NO. The Morgan fingerprint density at radius 2 is 1.73 bits per heavy atom. The summed E-state index contributed by atoms with van der Waals surface area (Å²) in [6, 6.07) is 17.0. The summed E-state index contributed by atoms with van der Waals surface area (Å²) in [6.07, 6.45) is 8.86. The number of hydrogen-bond donors (Lipinski definition) is 0. The minimum Gasteiger partial charge on any atom is -0.299 e. The third kappa shape index (κ3) is 3.96. The average molecular weight is 345 g/mol. The van der Waals surface area contributed by atoms with Crippen molar-refractivity contribution in [1.29, 1.82) is 0 Å². The molecule has 2 aliphatic rings. The molecule has 2 nitrogen and oxygen atoms in total. The lowest BCUT2D eigenvalue weighted by molar-refractivity contribution is 0.0966. The molecule has 0 atom stereocenters. The Hall–Kier alpha value is -2.19. The second kappa shape index (κ2) is 8.01. The maximum Gasteiger partial charge on any atom is 0.164 e. The number of hydrogen-bond acceptors (Lipinski definition) is 2. The summed E-state index contributed by atoms with van der Waals surface area (Å²) in [5.41, 5.74) is 6.52. The number of aryl methyl sites for hydroxylation is 2. The van der Waals surface area contributed by atoms with Crippen molar-refractivity contribution in [3.63, 3.8) is 0 Å². The molecule has 0 bridgehead atoms. The minimum absolute atomic E-state index is 0.288. The first kappa shape index (κ1) is 17.2. The number of benzene rings is 2. The highest BCUT2D eigenvalue weighted by atomic mass is 16.1. The largest absolute Gasteiger partial charge is 0.299 e. The van der Waals surface area contributed by atoms with Crippen LogP contribution in [0.25, 0.3) is 5.57 Å². The van der Waals surface area contributed by atoms with E-state index in [9.17, 15) is 4.79 Å². The van der Waals surface area contributed by atoms with E-state index in [1.807, 2.05) is 6.07 Å². The van der Waals surface area contributed by atoms with Crippen LogP contribution in [0.2, 0.25) is 0 Å². The van der Waals surface area contributed by atoms with Gasteiger partial charge in [0, 0.05) is 31.6 Å². The molecular weight excluding hydrogens is 318 g/mol. The van der Waals surface area contributed by atoms with Crippen molar-refractivity contribution in [2.45, 2.75) is 38.5 Å². The molecule has 2 aromatic rings. The molecule has 134 valence electrons. The molecule has 26 heavy (non-hydrogen) atoms. The van der Waals surface area contributed by atoms with E-state index in [0.717, 1.165) is 38.0 Å².